The summed E-state index contributed by atoms with van der Waals surface area (Å²) < 4.78 is 2.48. The number of rotatable bonds is 6. The second-order valence-electron chi connectivity index (χ2n) is 10.3. The molecule has 192 valence electrons. The Hall–Kier alpha value is -2.96. The Morgan fingerprint density at radius 3 is 2.65 bits per heavy atom. The molecule has 2 aliphatic rings. The number of benzene rings is 1. The zero-order valence-electron chi connectivity index (χ0n) is 20.5. The van der Waals surface area contributed by atoms with Gasteiger partial charge in [-0.2, -0.15) is 10.1 Å². The molecule has 3 N–H and O–H groups in total. The number of nitrogens with one attached hydrogen (secondary N) is 2. The van der Waals surface area contributed by atoms with E-state index in [0.717, 1.165) is 45.9 Å². The average Bonchev–Trinajstić information content (AvgIpc) is 3.57. The topological polar surface area (TPSA) is 131 Å². The van der Waals surface area contributed by atoms with Gasteiger partial charge in [0.25, 0.3) is 0 Å². The predicted octanol–water partition coefficient (Wildman–Crippen LogP) is 4.02. The standard InChI is InChI=1S/C25H27BrN8O2S/c1-13-31-32-23(37-13)14-3-7-18(8-4-14)34-21-19(20(26)33-34)12-27-24(30-21)29-17-6-5-16(9-17)28-22(35)15-10-25(2,36)11-15/h3-4,7-8,12,15-17,36H,5-6,9-11H2,1-2H3,(H,28,35)(H,27,29,30)/t15?,16-,17-,25?/m1/s1. The highest BCUT2D eigenvalue weighted by atomic mass is 79.9. The Morgan fingerprint density at radius 2 is 1.95 bits per heavy atom. The van der Waals surface area contributed by atoms with Crippen LogP contribution in [0.15, 0.2) is 35.1 Å². The van der Waals surface area contributed by atoms with Crippen molar-refractivity contribution in [3.63, 3.8) is 0 Å². The molecule has 0 spiro atoms. The van der Waals surface area contributed by atoms with E-state index in [1.807, 2.05) is 31.2 Å². The largest absolute Gasteiger partial charge is 0.390 e. The smallest absolute Gasteiger partial charge is 0.224 e. The Bertz CT molecular complexity index is 1460. The van der Waals surface area contributed by atoms with Crippen molar-refractivity contribution < 1.29 is 9.90 Å². The van der Waals surface area contributed by atoms with Gasteiger partial charge < -0.3 is 15.7 Å². The summed E-state index contributed by atoms with van der Waals surface area (Å²) in [6, 6.07) is 8.29. The summed E-state index contributed by atoms with van der Waals surface area (Å²) >= 11 is 5.10. The number of nitrogens with zero attached hydrogens (tertiary/aromatic N) is 6. The molecule has 4 aromatic rings. The van der Waals surface area contributed by atoms with Gasteiger partial charge in [-0.05, 0) is 86.1 Å². The number of anilines is 1. The molecule has 0 radical (unpaired) electrons. The van der Waals surface area contributed by atoms with Crippen molar-refractivity contribution in [2.24, 2.45) is 5.92 Å². The summed E-state index contributed by atoms with van der Waals surface area (Å²) in [6.07, 6.45) is 5.48. The van der Waals surface area contributed by atoms with Crippen molar-refractivity contribution in [3.05, 3.63) is 40.1 Å². The third-order valence-electron chi connectivity index (χ3n) is 7.12. The van der Waals surface area contributed by atoms with Crippen molar-refractivity contribution >= 4 is 50.2 Å². The molecule has 1 amide bonds. The lowest BCUT2D eigenvalue weighted by molar-refractivity contribution is -0.139. The van der Waals surface area contributed by atoms with E-state index in [9.17, 15) is 9.90 Å². The van der Waals surface area contributed by atoms with Crippen molar-refractivity contribution in [1.29, 1.82) is 0 Å². The molecule has 10 nitrogen and oxygen atoms in total. The fourth-order valence-electron chi connectivity index (χ4n) is 5.21. The zero-order chi connectivity index (χ0) is 25.7. The summed E-state index contributed by atoms with van der Waals surface area (Å²) in [5, 5.41) is 32.1. The molecular formula is C25H27BrN8O2S. The van der Waals surface area contributed by atoms with Gasteiger partial charge in [0.05, 0.1) is 16.7 Å². The fraction of sp³-hybridized carbons (Fsp3) is 0.440. The number of aliphatic hydroxyl groups is 1. The summed E-state index contributed by atoms with van der Waals surface area (Å²) in [7, 11) is 0. The monoisotopic (exact) mass is 582 g/mol. The second-order valence-corrected chi connectivity index (χ2v) is 12.2. The van der Waals surface area contributed by atoms with E-state index in [1.165, 1.54) is 0 Å². The van der Waals surface area contributed by atoms with E-state index in [-0.39, 0.29) is 23.9 Å². The first kappa shape index (κ1) is 24.4. The van der Waals surface area contributed by atoms with Gasteiger partial charge in [0.15, 0.2) is 5.65 Å². The second kappa shape index (κ2) is 9.41. The summed E-state index contributed by atoms with van der Waals surface area (Å²) in [6.45, 7) is 3.72. The molecule has 3 aromatic heterocycles. The molecule has 0 unspecified atom stereocenters. The molecule has 0 aliphatic heterocycles. The highest BCUT2D eigenvalue weighted by Gasteiger charge is 2.43. The number of amides is 1. The van der Waals surface area contributed by atoms with Crippen LogP contribution in [0.5, 0.6) is 0 Å². The van der Waals surface area contributed by atoms with Crippen LogP contribution in [0.3, 0.4) is 0 Å². The van der Waals surface area contributed by atoms with E-state index in [4.69, 9.17) is 4.98 Å². The number of hydrogen-bond acceptors (Lipinski definition) is 9. The lowest BCUT2D eigenvalue weighted by Gasteiger charge is -2.40. The highest BCUT2D eigenvalue weighted by molar-refractivity contribution is 9.10. The summed E-state index contributed by atoms with van der Waals surface area (Å²) in [5.74, 6) is 0.507. The number of carbonyl (C=O) groups is 1. The van der Waals surface area contributed by atoms with Gasteiger partial charge in [0.1, 0.15) is 14.6 Å². The molecule has 0 saturated heterocycles. The maximum atomic E-state index is 12.5. The molecular weight excluding hydrogens is 556 g/mol. The molecule has 1 aromatic carbocycles. The molecule has 2 saturated carbocycles. The zero-order valence-corrected chi connectivity index (χ0v) is 22.9. The van der Waals surface area contributed by atoms with Crippen LogP contribution in [0.4, 0.5) is 5.95 Å². The Morgan fingerprint density at radius 1 is 1.19 bits per heavy atom. The molecule has 12 heteroatoms. The summed E-state index contributed by atoms with van der Waals surface area (Å²) in [4.78, 5) is 21.8. The first-order valence-electron chi connectivity index (χ1n) is 12.4. The van der Waals surface area contributed by atoms with Crippen LogP contribution in [0.2, 0.25) is 0 Å². The van der Waals surface area contributed by atoms with Crippen LogP contribution in [0.1, 0.15) is 44.0 Å². The molecule has 6 rings (SSSR count). The highest BCUT2D eigenvalue weighted by Crippen LogP contribution is 2.37. The van der Waals surface area contributed by atoms with Gasteiger partial charge in [0, 0.05) is 29.8 Å². The minimum atomic E-state index is -0.695. The Labute approximate surface area is 226 Å². The van der Waals surface area contributed by atoms with E-state index in [2.05, 4.69) is 46.8 Å². The quantitative estimate of drug-likeness (QED) is 0.311. The van der Waals surface area contributed by atoms with Crippen LogP contribution < -0.4 is 10.6 Å². The maximum absolute atomic E-state index is 12.5. The van der Waals surface area contributed by atoms with Crippen molar-refractivity contribution in [3.8, 4) is 16.3 Å². The van der Waals surface area contributed by atoms with Crippen molar-refractivity contribution in [2.45, 2.75) is 63.6 Å². The number of halogens is 1. The van der Waals surface area contributed by atoms with Crippen LogP contribution >= 0.6 is 27.3 Å². The molecule has 37 heavy (non-hydrogen) atoms. The lowest BCUT2D eigenvalue weighted by atomic mass is 9.71. The third kappa shape index (κ3) is 4.97. The van der Waals surface area contributed by atoms with E-state index in [1.54, 1.807) is 29.1 Å². The SMILES string of the molecule is Cc1nnc(-c2ccc(-n3nc(Br)c4cnc(N[C@@H]5CC[C@@H](NC(=O)C6CC(C)(O)C6)C5)nc43)cc2)s1. The number of hydrogen-bond donors (Lipinski definition) is 3. The van der Waals surface area contributed by atoms with Crippen molar-refractivity contribution in [1.82, 2.24) is 35.3 Å². The Balaban J connectivity index is 1.15. The van der Waals surface area contributed by atoms with Crippen LogP contribution in [0.25, 0.3) is 27.3 Å². The van der Waals surface area contributed by atoms with Gasteiger partial charge in [-0.15, -0.1) is 10.2 Å². The van der Waals surface area contributed by atoms with E-state index in [0.29, 0.717) is 29.0 Å². The minimum absolute atomic E-state index is 0.0517. The van der Waals surface area contributed by atoms with Gasteiger partial charge in [-0.1, -0.05) is 11.3 Å². The first-order valence-corrected chi connectivity index (χ1v) is 14.0. The van der Waals surface area contributed by atoms with Crippen LogP contribution in [-0.2, 0) is 4.79 Å². The predicted molar refractivity (Wildman–Crippen MR) is 145 cm³/mol. The van der Waals surface area contributed by atoms with Crippen LogP contribution in [-0.4, -0.2) is 58.6 Å². The number of aromatic nitrogens is 6. The molecule has 2 atom stereocenters. The number of carbonyl (C=O) groups excluding carboxylic acids is 1. The number of fused-ring (bicyclic) bond motifs is 1. The van der Waals surface area contributed by atoms with Gasteiger partial charge in [-0.25, -0.2) is 9.67 Å². The van der Waals surface area contributed by atoms with Crippen molar-refractivity contribution in [2.75, 3.05) is 5.32 Å². The molecule has 2 aliphatic carbocycles. The van der Waals surface area contributed by atoms with Gasteiger partial charge >= 0.3 is 0 Å². The van der Waals surface area contributed by atoms with Gasteiger partial charge in [-0.3, -0.25) is 4.79 Å². The summed E-state index contributed by atoms with van der Waals surface area (Å²) in [5.41, 5.74) is 1.89. The molecule has 2 fully saturated rings. The first-order chi connectivity index (χ1) is 17.7. The lowest BCUT2D eigenvalue weighted by Crippen LogP contribution is -2.50. The van der Waals surface area contributed by atoms with Crippen LogP contribution in [0, 0.1) is 12.8 Å². The fourth-order valence-corrected chi connectivity index (χ4v) is 6.34. The molecule has 3 heterocycles. The average molecular weight is 584 g/mol. The normalized spacial score (nSPS) is 25.2. The van der Waals surface area contributed by atoms with E-state index >= 15 is 0 Å². The maximum Gasteiger partial charge on any atom is 0.224 e. The van der Waals surface area contributed by atoms with E-state index < -0.39 is 5.60 Å². The van der Waals surface area contributed by atoms with Gasteiger partial charge in [0.2, 0.25) is 11.9 Å². The Kier molecular flexibility index (Phi) is 6.20. The molecule has 0 bridgehead atoms. The number of aryl methyl sites for hydroxylation is 1. The third-order valence-corrected chi connectivity index (χ3v) is 8.59. The minimum Gasteiger partial charge on any atom is -0.390 e.